The van der Waals surface area contributed by atoms with Crippen molar-refractivity contribution in [2.24, 2.45) is 0 Å². The quantitative estimate of drug-likeness (QED) is 0.581. The Morgan fingerprint density at radius 3 is 2.53 bits per heavy atom. The van der Waals surface area contributed by atoms with E-state index in [0.29, 0.717) is 28.9 Å². The highest BCUT2D eigenvalue weighted by Crippen LogP contribution is 2.33. The maximum Gasteiger partial charge on any atom is 0.139 e. The van der Waals surface area contributed by atoms with Crippen LogP contribution in [0.5, 0.6) is 5.75 Å². The maximum atomic E-state index is 6.06. The van der Waals surface area contributed by atoms with Crippen LogP contribution in [0.4, 0.5) is 5.69 Å². The van der Waals surface area contributed by atoms with Gasteiger partial charge in [-0.05, 0) is 34.1 Å². The Balaban J connectivity index is 1.85. The van der Waals surface area contributed by atoms with Crippen LogP contribution in [0.1, 0.15) is 0 Å². The molecular weight excluding hydrogens is 349 g/mol. The third-order valence-electron chi connectivity index (χ3n) is 2.44. The number of anilines is 1. The van der Waals surface area contributed by atoms with Crippen molar-refractivity contribution in [3.8, 4) is 5.75 Å². The average Bonchev–Trinajstić information content (AvgIpc) is 2.41. The van der Waals surface area contributed by atoms with Gasteiger partial charge in [0.15, 0.2) is 0 Å². The standard InChI is InChI=1S/C14H12BrCl2NO/c15-11-8-13(17)14(9-12(11)16)19-7-6-18-10-4-2-1-3-5-10/h1-5,8-9,18H,6-7H2. The zero-order valence-electron chi connectivity index (χ0n) is 10.00. The van der Waals surface area contributed by atoms with Gasteiger partial charge in [0.05, 0.1) is 10.0 Å². The first-order valence-corrected chi connectivity index (χ1v) is 7.28. The van der Waals surface area contributed by atoms with Crippen LogP contribution in [0.3, 0.4) is 0 Å². The Labute approximate surface area is 130 Å². The second-order valence-corrected chi connectivity index (χ2v) is 5.51. The lowest BCUT2D eigenvalue weighted by atomic mass is 10.3. The highest BCUT2D eigenvalue weighted by Gasteiger charge is 2.06. The summed E-state index contributed by atoms with van der Waals surface area (Å²) in [7, 11) is 0. The van der Waals surface area contributed by atoms with Crippen molar-refractivity contribution in [1.29, 1.82) is 0 Å². The molecule has 0 aliphatic carbocycles. The fourth-order valence-corrected chi connectivity index (χ4v) is 2.37. The molecule has 2 rings (SSSR count). The summed E-state index contributed by atoms with van der Waals surface area (Å²) in [6.45, 7) is 1.20. The molecule has 2 aromatic carbocycles. The normalized spacial score (nSPS) is 10.3. The summed E-state index contributed by atoms with van der Waals surface area (Å²) in [6.07, 6.45) is 0. The van der Waals surface area contributed by atoms with E-state index >= 15 is 0 Å². The molecule has 0 aliphatic rings. The van der Waals surface area contributed by atoms with Gasteiger partial charge in [0.25, 0.3) is 0 Å². The van der Waals surface area contributed by atoms with Crippen molar-refractivity contribution in [3.63, 3.8) is 0 Å². The minimum absolute atomic E-state index is 0.507. The molecule has 0 atom stereocenters. The summed E-state index contributed by atoms with van der Waals surface area (Å²) in [4.78, 5) is 0. The van der Waals surface area contributed by atoms with E-state index < -0.39 is 0 Å². The molecule has 0 saturated heterocycles. The summed E-state index contributed by atoms with van der Waals surface area (Å²) in [6, 6.07) is 13.4. The van der Waals surface area contributed by atoms with Crippen LogP contribution in [-0.2, 0) is 0 Å². The number of nitrogens with one attached hydrogen (secondary N) is 1. The number of hydrogen-bond acceptors (Lipinski definition) is 2. The van der Waals surface area contributed by atoms with E-state index in [2.05, 4.69) is 21.2 Å². The third-order valence-corrected chi connectivity index (χ3v) is 3.93. The van der Waals surface area contributed by atoms with Crippen LogP contribution < -0.4 is 10.1 Å². The van der Waals surface area contributed by atoms with Crippen LogP contribution in [-0.4, -0.2) is 13.2 Å². The van der Waals surface area contributed by atoms with Crippen molar-refractivity contribution < 1.29 is 4.74 Å². The van der Waals surface area contributed by atoms with Gasteiger partial charge in [0.1, 0.15) is 12.4 Å². The van der Waals surface area contributed by atoms with Crippen molar-refractivity contribution >= 4 is 44.8 Å². The molecule has 0 aliphatic heterocycles. The van der Waals surface area contributed by atoms with E-state index in [1.54, 1.807) is 12.1 Å². The molecule has 0 aromatic heterocycles. The molecule has 0 amide bonds. The van der Waals surface area contributed by atoms with E-state index in [0.717, 1.165) is 10.2 Å². The molecule has 0 unspecified atom stereocenters. The number of hydrogen-bond donors (Lipinski definition) is 1. The fraction of sp³-hybridized carbons (Fsp3) is 0.143. The van der Waals surface area contributed by atoms with Gasteiger partial charge >= 0.3 is 0 Å². The van der Waals surface area contributed by atoms with E-state index in [1.165, 1.54) is 0 Å². The Morgan fingerprint density at radius 1 is 1.05 bits per heavy atom. The van der Waals surface area contributed by atoms with Gasteiger partial charge in [0, 0.05) is 22.8 Å². The minimum atomic E-state index is 0.507. The van der Waals surface area contributed by atoms with Gasteiger partial charge in [0.2, 0.25) is 0 Å². The number of ether oxygens (including phenoxy) is 1. The van der Waals surface area contributed by atoms with Gasteiger partial charge in [-0.15, -0.1) is 0 Å². The molecule has 5 heteroatoms. The molecule has 1 N–H and O–H groups in total. The zero-order chi connectivity index (χ0) is 13.7. The summed E-state index contributed by atoms with van der Waals surface area (Å²) >= 11 is 15.4. The predicted octanol–water partition coefficient (Wildman–Crippen LogP) is 5.25. The smallest absolute Gasteiger partial charge is 0.139 e. The van der Waals surface area contributed by atoms with Crippen LogP contribution >= 0.6 is 39.1 Å². The Morgan fingerprint density at radius 2 is 1.79 bits per heavy atom. The molecule has 0 spiro atoms. The molecule has 0 heterocycles. The highest BCUT2D eigenvalue weighted by atomic mass is 79.9. The maximum absolute atomic E-state index is 6.06. The average molecular weight is 361 g/mol. The lowest BCUT2D eigenvalue weighted by Gasteiger charge is -2.10. The van der Waals surface area contributed by atoms with Crippen molar-refractivity contribution in [2.75, 3.05) is 18.5 Å². The molecular formula is C14H12BrCl2NO. The number of rotatable bonds is 5. The summed E-state index contributed by atoms with van der Waals surface area (Å²) in [5.74, 6) is 0.588. The van der Waals surface area contributed by atoms with Gasteiger partial charge in [-0.1, -0.05) is 41.4 Å². The molecule has 0 saturated carbocycles. The minimum Gasteiger partial charge on any atom is -0.490 e. The highest BCUT2D eigenvalue weighted by molar-refractivity contribution is 9.10. The summed E-state index contributed by atoms with van der Waals surface area (Å²) in [5, 5.41) is 4.37. The molecule has 0 radical (unpaired) electrons. The topological polar surface area (TPSA) is 21.3 Å². The first-order chi connectivity index (χ1) is 9.16. The van der Waals surface area contributed by atoms with E-state index in [9.17, 15) is 0 Å². The van der Waals surface area contributed by atoms with E-state index in [4.69, 9.17) is 27.9 Å². The molecule has 2 aromatic rings. The molecule has 0 fully saturated rings. The number of para-hydroxylation sites is 1. The molecule has 0 bridgehead atoms. The first kappa shape index (κ1) is 14.5. The third kappa shape index (κ3) is 4.30. The van der Waals surface area contributed by atoms with E-state index in [-0.39, 0.29) is 0 Å². The fourth-order valence-electron chi connectivity index (χ4n) is 1.53. The van der Waals surface area contributed by atoms with Crippen molar-refractivity contribution in [3.05, 3.63) is 57.0 Å². The van der Waals surface area contributed by atoms with Crippen LogP contribution in [0, 0.1) is 0 Å². The largest absolute Gasteiger partial charge is 0.490 e. The Hall–Kier alpha value is -0.900. The van der Waals surface area contributed by atoms with Crippen LogP contribution in [0.2, 0.25) is 10.0 Å². The van der Waals surface area contributed by atoms with Gasteiger partial charge in [-0.3, -0.25) is 0 Å². The molecule has 2 nitrogen and oxygen atoms in total. The monoisotopic (exact) mass is 359 g/mol. The second-order valence-electron chi connectivity index (χ2n) is 3.84. The lowest BCUT2D eigenvalue weighted by Crippen LogP contribution is -2.11. The second kappa shape index (κ2) is 7.04. The Bertz CT molecular complexity index is 549. The SMILES string of the molecule is Clc1cc(OCCNc2ccccc2)c(Cl)cc1Br. The van der Waals surface area contributed by atoms with Crippen LogP contribution in [0.25, 0.3) is 0 Å². The first-order valence-electron chi connectivity index (χ1n) is 5.73. The summed E-state index contributed by atoms with van der Waals surface area (Å²) in [5.41, 5.74) is 1.06. The van der Waals surface area contributed by atoms with Gasteiger partial charge in [-0.2, -0.15) is 0 Å². The molecule has 100 valence electrons. The van der Waals surface area contributed by atoms with Crippen molar-refractivity contribution in [2.45, 2.75) is 0 Å². The number of benzene rings is 2. The predicted molar refractivity (Wildman–Crippen MR) is 84.6 cm³/mol. The van der Waals surface area contributed by atoms with Crippen molar-refractivity contribution in [1.82, 2.24) is 0 Å². The number of halogens is 3. The zero-order valence-corrected chi connectivity index (χ0v) is 13.1. The van der Waals surface area contributed by atoms with Crippen LogP contribution in [0.15, 0.2) is 46.9 Å². The van der Waals surface area contributed by atoms with Gasteiger partial charge < -0.3 is 10.1 Å². The Kier molecular flexibility index (Phi) is 5.37. The summed E-state index contributed by atoms with van der Waals surface area (Å²) < 4.78 is 6.35. The van der Waals surface area contributed by atoms with E-state index in [1.807, 2.05) is 30.3 Å². The van der Waals surface area contributed by atoms with Gasteiger partial charge in [-0.25, -0.2) is 0 Å². The molecule has 19 heavy (non-hydrogen) atoms. The lowest BCUT2D eigenvalue weighted by molar-refractivity contribution is 0.333.